The van der Waals surface area contributed by atoms with Gasteiger partial charge in [0.15, 0.2) is 0 Å². The first-order valence-electron chi connectivity index (χ1n) is 44.8. The second-order valence-corrected chi connectivity index (χ2v) is 33.8. The lowest BCUT2D eigenvalue weighted by Crippen LogP contribution is -2.61. The first-order valence-corrected chi connectivity index (χ1v) is 38.3. The highest BCUT2D eigenvalue weighted by atomic mass is 15.2. The fourth-order valence-corrected chi connectivity index (χ4v) is 16.2. The normalized spacial score (nSPS) is 14.5. The second-order valence-electron chi connectivity index (χ2n) is 33.8. The SMILES string of the molecule is [2H]c1c([2H])c([2H])c(N(c2ccc(-n3c4c([2H])c([2H])c([2H])c([2H])c4c4c([2H])c([2H])c([2H])c([2H])c43)cc2)c2ccc3c(c2)N(c2cc(-c4ccccc4)cc(-c4ccccc4)c2)c2cc(-c4cc(C(C)(C)C)cc(C(C)(C)C)c4)cc4c2B3c2ccc(-c3cc(C(C)(C)C)cc(C(C)(C)C)c3)cc2N4c2cc(-c3ccccc3)cc(-c3ccccc3)c2)c([2H])c1[2H]. The molecule has 3 heterocycles. The Morgan fingerprint density at radius 3 is 1.02 bits per heavy atom. The third kappa shape index (κ3) is 13.0. The van der Waals surface area contributed by atoms with Crippen molar-refractivity contribution in [1.29, 1.82) is 0 Å². The molecule has 1 aromatic heterocycles. The first-order chi connectivity index (χ1) is 58.9. The van der Waals surface area contributed by atoms with E-state index in [0.717, 1.165) is 117 Å². The van der Waals surface area contributed by atoms with Crippen LogP contribution in [-0.4, -0.2) is 11.3 Å². The molecule has 16 aromatic rings. The molecule has 0 unspecified atom stereocenters. The molecule has 2 aliphatic rings. The van der Waals surface area contributed by atoms with Crippen LogP contribution in [0.4, 0.5) is 51.2 Å². The number of rotatable bonds is 12. The Balaban J connectivity index is 0.989. The van der Waals surface area contributed by atoms with Crippen LogP contribution in [0.2, 0.25) is 0 Å². The summed E-state index contributed by atoms with van der Waals surface area (Å²) >= 11 is 0. The molecule has 0 fully saturated rings. The molecular weight excluding hydrogens is 1340 g/mol. The van der Waals surface area contributed by atoms with E-state index in [2.05, 4.69) is 317 Å². The molecule has 18 rings (SSSR count). The number of para-hydroxylation sites is 3. The molecule has 0 saturated heterocycles. The molecule has 0 bridgehead atoms. The van der Waals surface area contributed by atoms with Gasteiger partial charge in [-0.15, -0.1) is 0 Å². The number of anilines is 9. The minimum Gasteiger partial charge on any atom is -0.311 e. The van der Waals surface area contributed by atoms with Crippen molar-refractivity contribution in [2.45, 2.75) is 105 Å². The molecular formula is C106H93BN4. The molecule has 0 N–H and O–H groups in total. The molecule has 5 heteroatoms. The lowest BCUT2D eigenvalue weighted by molar-refractivity contribution is 0.568. The average molecular weight is 1450 g/mol. The van der Waals surface area contributed by atoms with Gasteiger partial charge in [-0.3, -0.25) is 0 Å². The zero-order chi connectivity index (χ0) is 87.6. The van der Waals surface area contributed by atoms with E-state index in [9.17, 15) is 11.0 Å². The highest BCUT2D eigenvalue weighted by molar-refractivity contribution is 7.00. The van der Waals surface area contributed by atoms with E-state index < -0.39 is 85.3 Å². The quantitative estimate of drug-likeness (QED) is 0.113. The maximum atomic E-state index is 10.0. The van der Waals surface area contributed by atoms with E-state index in [1.54, 1.807) is 29.2 Å². The maximum Gasteiger partial charge on any atom is 0.252 e. The van der Waals surface area contributed by atoms with Crippen LogP contribution in [0.5, 0.6) is 0 Å². The van der Waals surface area contributed by atoms with Crippen LogP contribution >= 0.6 is 0 Å². The van der Waals surface area contributed by atoms with Crippen LogP contribution in [0.15, 0.2) is 345 Å². The van der Waals surface area contributed by atoms with Crippen molar-refractivity contribution < 1.29 is 17.8 Å². The van der Waals surface area contributed by atoms with Gasteiger partial charge in [0.25, 0.3) is 6.71 Å². The van der Waals surface area contributed by atoms with Gasteiger partial charge >= 0.3 is 0 Å². The molecule has 4 nitrogen and oxygen atoms in total. The second kappa shape index (κ2) is 27.3. The predicted molar refractivity (Wildman–Crippen MR) is 477 cm³/mol. The fourth-order valence-electron chi connectivity index (χ4n) is 16.2. The van der Waals surface area contributed by atoms with Gasteiger partial charge in [0.2, 0.25) is 0 Å². The van der Waals surface area contributed by atoms with E-state index in [0.29, 0.717) is 11.4 Å². The average Bonchev–Trinajstić information content (AvgIpc) is 1.05. The molecule has 15 aromatic carbocycles. The molecule has 111 heavy (non-hydrogen) atoms. The Morgan fingerprint density at radius 1 is 0.261 bits per heavy atom. The number of nitrogens with zero attached hydrogens (tertiary/aromatic N) is 4. The summed E-state index contributed by atoms with van der Waals surface area (Å²) in [4.78, 5) is 6.58. The monoisotopic (exact) mass is 1450 g/mol. The highest BCUT2D eigenvalue weighted by Gasteiger charge is 2.45. The zero-order valence-electron chi connectivity index (χ0n) is 77.8. The third-order valence-corrected chi connectivity index (χ3v) is 22.2. The molecule has 0 amide bonds. The summed E-state index contributed by atoms with van der Waals surface area (Å²) in [6.45, 7) is 26.8. The molecule has 0 saturated carbocycles. The van der Waals surface area contributed by atoms with Crippen molar-refractivity contribution in [3.8, 4) is 72.4 Å². The Kier molecular flexibility index (Phi) is 14.0. The Hall–Kier alpha value is -12.4. The van der Waals surface area contributed by atoms with E-state index >= 15 is 0 Å². The predicted octanol–water partition coefficient (Wildman–Crippen LogP) is 27.5. The van der Waals surface area contributed by atoms with Crippen molar-refractivity contribution in [3.63, 3.8) is 0 Å². The Labute approximate surface area is 674 Å². The summed E-state index contributed by atoms with van der Waals surface area (Å²) in [5.41, 5.74) is 24.7. The van der Waals surface area contributed by atoms with Crippen molar-refractivity contribution >= 4 is 96.1 Å². The highest BCUT2D eigenvalue weighted by Crippen LogP contribution is 2.52. The number of aromatic nitrogens is 1. The van der Waals surface area contributed by atoms with Gasteiger partial charge in [0.05, 0.1) is 28.9 Å². The van der Waals surface area contributed by atoms with Crippen molar-refractivity contribution in [3.05, 3.63) is 368 Å². The minimum absolute atomic E-state index is 0.0708. The van der Waals surface area contributed by atoms with E-state index in [-0.39, 0.29) is 54.8 Å². The van der Waals surface area contributed by atoms with Crippen LogP contribution < -0.4 is 31.1 Å². The summed E-state index contributed by atoms with van der Waals surface area (Å²) < 4.78 is 122. The van der Waals surface area contributed by atoms with Gasteiger partial charge in [-0.25, -0.2) is 0 Å². The fraction of sp³-hybridized carbons (Fsp3) is 0.151. The maximum absolute atomic E-state index is 10.0. The van der Waals surface area contributed by atoms with Gasteiger partial charge < -0.3 is 19.3 Å². The Morgan fingerprint density at radius 2 is 0.604 bits per heavy atom. The molecule has 0 spiro atoms. The van der Waals surface area contributed by atoms with Gasteiger partial charge in [-0.2, -0.15) is 0 Å². The third-order valence-electron chi connectivity index (χ3n) is 22.2. The number of benzene rings is 15. The van der Waals surface area contributed by atoms with Crippen molar-refractivity contribution in [2.24, 2.45) is 0 Å². The van der Waals surface area contributed by atoms with E-state index in [4.69, 9.17) is 6.85 Å². The van der Waals surface area contributed by atoms with E-state index in [1.807, 2.05) is 18.2 Å². The summed E-state index contributed by atoms with van der Waals surface area (Å²) in [5.74, 6) is 0. The Bertz CT molecular complexity index is 6780. The van der Waals surface area contributed by atoms with Crippen LogP contribution in [-0.2, 0) is 21.7 Å². The van der Waals surface area contributed by atoms with Gasteiger partial charge in [0.1, 0.15) is 0 Å². The van der Waals surface area contributed by atoms with Crippen LogP contribution in [0.1, 0.15) is 123 Å². The summed E-state index contributed by atoms with van der Waals surface area (Å²) in [5, 5.41) is -0.168. The molecule has 0 aliphatic carbocycles. The minimum atomic E-state index is -0.586. The molecule has 2 aliphatic heterocycles. The smallest absolute Gasteiger partial charge is 0.252 e. The van der Waals surface area contributed by atoms with Crippen LogP contribution in [0, 0.1) is 0 Å². The first kappa shape index (κ1) is 56.8. The van der Waals surface area contributed by atoms with Crippen molar-refractivity contribution in [2.75, 3.05) is 14.7 Å². The van der Waals surface area contributed by atoms with Gasteiger partial charge in [-0.1, -0.05) is 313 Å². The van der Waals surface area contributed by atoms with Crippen molar-refractivity contribution in [1.82, 2.24) is 4.57 Å². The number of hydrogen-bond donors (Lipinski definition) is 0. The molecule has 0 atom stereocenters. The van der Waals surface area contributed by atoms with Crippen LogP contribution in [0.25, 0.3) is 94.3 Å². The zero-order valence-corrected chi connectivity index (χ0v) is 64.8. The lowest BCUT2D eigenvalue weighted by Gasteiger charge is -2.45. The lowest BCUT2D eigenvalue weighted by atomic mass is 9.33. The summed E-state index contributed by atoms with van der Waals surface area (Å²) in [7, 11) is 0. The standard InChI is InChI=1S/C106H93BN4/c1-103(2,3)82-56-79(57-83(67-82)104(4,5)6)74-46-52-94-98(64-74)110(90-60-75(70-32-18-13-19-33-70)54-76(61-90)71-34-20-14-21-35-71)100-65-81(80-58-84(105(7,8)9)68-85(59-80)106(10,11)12)66-101-102(100)107(94)95-53-51-89(69-99(95)111(101)91-62-77(72-36-22-15-23-37-72)55-78(63-91)73-38-24-16-25-39-73)108(86-40-26-17-27-41-86)87-47-49-88(50-48-87)109-96-44-30-28-42-92(96)93-43-29-31-45-97(93)109/h13-69H,1-12H3/i17D,26D,27D,28D,29D,30D,31D,40D,41D,42D,43D,44D,45D. The van der Waals surface area contributed by atoms with Gasteiger partial charge in [-0.05, 0) is 242 Å². The molecule has 540 valence electrons. The largest absolute Gasteiger partial charge is 0.311 e. The summed E-state index contributed by atoms with van der Waals surface area (Å²) in [6.07, 6.45) is 0. The number of hydrogen-bond acceptors (Lipinski definition) is 3. The van der Waals surface area contributed by atoms with E-state index in [1.165, 1.54) is 26.8 Å². The molecule has 0 radical (unpaired) electrons. The number of fused-ring (bicyclic) bond motifs is 7. The topological polar surface area (TPSA) is 14.7 Å². The summed E-state index contributed by atoms with van der Waals surface area (Å²) in [6, 6.07) is 87.8. The van der Waals surface area contributed by atoms with Gasteiger partial charge in [0, 0.05) is 67.6 Å². The van der Waals surface area contributed by atoms with Crippen LogP contribution in [0.3, 0.4) is 0 Å².